The van der Waals surface area contributed by atoms with Crippen molar-refractivity contribution in [1.29, 1.82) is 0 Å². The van der Waals surface area contributed by atoms with Gasteiger partial charge < -0.3 is 15.7 Å². The molecule has 1 saturated heterocycles. The van der Waals surface area contributed by atoms with Gasteiger partial charge in [-0.05, 0) is 23.1 Å². The van der Waals surface area contributed by atoms with Crippen LogP contribution in [0.1, 0.15) is 32.8 Å². The highest BCUT2D eigenvalue weighted by molar-refractivity contribution is 7.89. The Bertz CT molecular complexity index is 717. The molecule has 1 aliphatic heterocycles. The van der Waals surface area contributed by atoms with Gasteiger partial charge in [0.2, 0.25) is 15.9 Å². The van der Waals surface area contributed by atoms with Gasteiger partial charge in [-0.3, -0.25) is 4.79 Å². The summed E-state index contributed by atoms with van der Waals surface area (Å²) in [6.07, 6.45) is -0.403. The van der Waals surface area contributed by atoms with Crippen molar-refractivity contribution in [3.63, 3.8) is 0 Å². The van der Waals surface area contributed by atoms with Crippen molar-refractivity contribution in [1.82, 2.24) is 15.4 Å². The lowest BCUT2D eigenvalue weighted by molar-refractivity contribution is -0.121. The van der Waals surface area contributed by atoms with Crippen LogP contribution in [0.25, 0.3) is 0 Å². The number of carbonyl (C=O) groups is 1. The highest BCUT2D eigenvalue weighted by Crippen LogP contribution is 2.23. The monoisotopic (exact) mass is 419 g/mol. The highest BCUT2D eigenvalue weighted by atomic mass is 35.5. The first-order valence-corrected chi connectivity index (χ1v) is 10.3. The molecule has 7 nitrogen and oxygen atoms in total. The fourth-order valence-corrected chi connectivity index (χ4v) is 3.81. The molecule has 4 N–H and O–H groups in total. The third-order valence-corrected chi connectivity index (χ3v) is 6.02. The number of sulfonamides is 1. The van der Waals surface area contributed by atoms with Crippen molar-refractivity contribution in [2.45, 2.75) is 43.6 Å². The maximum absolute atomic E-state index is 12.3. The second-order valence-corrected chi connectivity index (χ2v) is 9.48. The number of β-amino-alcohol motifs (C(OH)–C–C–N with tert-alkyl or cyclic N) is 1. The number of nitrogens with one attached hydrogen (secondary N) is 3. The smallest absolute Gasteiger partial charge is 0.240 e. The van der Waals surface area contributed by atoms with Crippen molar-refractivity contribution in [3.05, 3.63) is 29.8 Å². The Labute approximate surface area is 167 Å². The second-order valence-electron chi connectivity index (χ2n) is 7.71. The molecule has 1 aromatic rings. The quantitative estimate of drug-likeness (QED) is 0.522. The molecule has 9 heteroatoms. The molecular weight excluding hydrogens is 390 g/mol. The van der Waals surface area contributed by atoms with Crippen LogP contribution in [0.3, 0.4) is 0 Å². The molecular formula is C18H30ClN3O4S. The fraction of sp³-hybridized carbons (Fsp3) is 0.611. The predicted octanol–water partition coefficient (Wildman–Crippen LogP) is 0.771. The van der Waals surface area contributed by atoms with Crippen LogP contribution in [0.15, 0.2) is 29.2 Å². The maximum atomic E-state index is 12.3. The van der Waals surface area contributed by atoms with Gasteiger partial charge >= 0.3 is 0 Å². The Hall–Kier alpha value is -1.19. The van der Waals surface area contributed by atoms with Gasteiger partial charge in [-0.2, -0.15) is 0 Å². The zero-order valence-corrected chi connectivity index (χ0v) is 17.6. The zero-order valence-electron chi connectivity index (χ0n) is 16.0. The molecule has 2 rings (SSSR count). The lowest BCUT2D eigenvalue weighted by Gasteiger charge is -2.19. The van der Waals surface area contributed by atoms with Crippen molar-refractivity contribution >= 4 is 28.3 Å². The number of aliphatic hydroxyl groups excluding tert-OH is 1. The topological polar surface area (TPSA) is 108 Å². The van der Waals surface area contributed by atoms with E-state index in [0.29, 0.717) is 19.6 Å². The predicted molar refractivity (Wildman–Crippen MR) is 108 cm³/mol. The van der Waals surface area contributed by atoms with Crippen LogP contribution < -0.4 is 15.4 Å². The van der Waals surface area contributed by atoms with Gasteiger partial charge in [0.15, 0.2) is 0 Å². The van der Waals surface area contributed by atoms with E-state index in [4.69, 9.17) is 0 Å². The molecule has 0 radical (unpaired) electrons. The van der Waals surface area contributed by atoms with Crippen LogP contribution in [-0.4, -0.2) is 51.7 Å². The van der Waals surface area contributed by atoms with Crippen LogP contribution in [0, 0.1) is 5.92 Å². The minimum absolute atomic E-state index is 0. The molecule has 1 fully saturated rings. The SMILES string of the molecule is CC(C)(C)c1ccc(S(=O)(=O)NCCC(=O)NCC2CNCC2O)cc1.Cl. The molecule has 1 aromatic carbocycles. The summed E-state index contributed by atoms with van der Waals surface area (Å²) in [5, 5.41) is 15.5. The van der Waals surface area contributed by atoms with Crippen LogP contribution in [0.4, 0.5) is 0 Å². The molecule has 0 saturated carbocycles. The molecule has 1 heterocycles. The standard InChI is InChI=1S/C18H29N3O4S.ClH/c1-18(2,3)14-4-6-15(7-5-14)26(24,25)21-9-8-17(23)20-11-13-10-19-12-16(13)22;/h4-7,13,16,19,21-22H,8-12H2,1-3H3,(H,20,23);1H. The van der Waals surface area contributed by atoms with Gasteiger partial charge in [-0.25, -0.2) is 13.1 Å². The van der Waals surface area contributed by atoms with E-state index in [1.807, 2.05) is 12.1 Å². The van der Waals surface area contributed by atoms with Crippen molar-refractivity contribution in [2.75, 3.05) is 26.2 Å². The number of carbonyl (C=O) groups excluding carboxylic acids is 1. The Morgan fingerprint density at radius 3 is 2.37 bits per heavy atom. The molecule has 0 spiro atoms. The summed E-state index contributed by atoms with van der Waals surface area (Å²) >= 11 is 0. The number of hydrogen-bond donors (Lipinski definition) is 4. The van der Waals surface area contributed by atoms with E-state index < -0.39 is 16.1 Å². The fourth-order valence-electron chi connectivity index (χ4n) is 2.78. The van der Waals surface area contributed by atoms with Crippen LogP contribution in [0.2, 0.25) is 0 Å². The minimum atomic E-state index is -3.64. The number of rotatable bonds is 7. The molecule has 1 amide bonds. The van der Waals surface area contributed by atoms with Gasteiger partial charge in [0.25, 0.3) is 0 Å². The number of benzene rings is 1. The molecule has 154 valence electrons. The lowest BCUT2D eigenvalue weighted by Crippen LogP contribution is -2.36. The lowest BCUT2D eigenvalue weighted by atomic mass is 9.87. The molecule has 2 atom stereocenters. The largest absolute Gasteiger partial charge is 0.391 e. The second kappa shape index (κ2) is 9.84. The van der Waals surface area contributed by atoms with Crippen LogP contribution in [-0.2, 0) is 20.2 Å². The highest BCUT2D eigenvalue weighted by Gasteiger charge is 2.25. The summed E-state index contributed by atoms with van der Waals surface area (Å²) in [5.74, 6) is -0.244. The maximum Gasteiger partial charge on any atom is 0.240 e. The molecule has 0 aromatic heterocycles. The molecule has 0 aliphatic carbocycles. The molecule has 1 aliphatic rings. The molecule has 2 unspecified atom stereocenters. The van der Waals surface area contributed by atoms with E-state index in [1.165, 1.54) is 0 Å². The van der Waals surface area contributed by atoms with E-state index in [2.05, 4.69) is 36.1 Å². The Morgan fingerprint density at radius 2 is 1.85 bits per heavy atom. The van der Waals surface area contributed by atoms with Gasteiger partial charge in [0, 0.05) is 38.5 Å². The van der Waals surface area contributed by atoms with Crippen molar-refractivity contribution in [3.8, 4) is 0 Å². The van der Waals surface area contributed by atoms with E-state index in [1.54, 1.807) is 12.1 Å². The van der Waals surface area contributed by atoms with E-state index >= 15 is 0 Å². The Kier molecular flexibility index (Phi) is 8.69. The van der Waals surface area contributed by atoms with E-state index in [-0.39, 0.29) is 47.5 Å². The third-order valence-electron chi connectivity index (χ3n) is 4.54. The number of aliphatic hydroxyl groups is 1. The van der Waals surface area contributed by atoms with Crippen molar-refractivity contribution in [2.24, 2.45) is 5.92 Å². The average Bonchev–Trinajstić information content (AvgIpc) is 2.97. The summed E-state index contributed by atoms with van der Waals surface area (Å²) < 4.78 is 27.1. The van der Waals surface area contributed by atoms with Gasteiger partial charge in [-0.1, -0.05) is 32.9 Å². The van der Waals surface area contributed by atoms with E-state index in [9.17, 15) is 18.3 Å². The Morgan fingerprint density at radius 1 is 1.22 bits per heavy atom. The summed E-state index contributed by atoms with van der Waals surface area (Å²) in [7, 11) is -3.64. The first-order chi connectivity index (χ1) is 12.1. The summed E-state index contributed by atoms with van der Waals surface area (Å²) in [6, 6.07) is 6.78. The molecule has 27 heavy (non-hydrogen) atoms. The minimum Gasteiger partial charge on any atom is -0.391 e. The van der Waals surface area contributed by atoms with Crippen molar-refractivity contribution < 1.29 is 18.3 Å². The van der Waals surface area contributed by atoms with Gasteiger partial charge in [-0.15, -0.1) is 12.4 Å². The van der Waals surface area contributed by atoms with Gasteiger partial charge in [0.1, 0.15) is 0 Å². The third kappa shape index (κ3) is 7.04. The van der Waals surface area contributed by atoms with Crippen LogP contribution >= 0.6 is 12.4 Å². The summed E-state index contributed by atoms with van der Waals surface area (Å²) in [4.78, 5) is 12.0. The number of amides is 1. The normalized spacial score (nSPS) is 20.1. The Balaban J connectivity index is 0.00000364. The van der Waals surface area contributed by atoms with E-state index in [0.717, 1.165) is 5.56 Å². The molecule has 0 bridgehead atoms. The van der Waals surface area contributed by atoms with Crippen LogP contribution in [0.5, 0.6) is 0 Å². The van der Waals surface area contributed by atoms with Gasteiger partial charge in [0.05, 0.1) is 11.0 Å². The first-order valence-electron chi connectivity index (χ1n) is 8.85. The summed E-state index contributed by atoms with van der Waals surface area (Å²) in [5.41, 5.74) is 1.01. The number of halogens is 1. The zero-order chi connectivity index (χ0) is 19.4. The summed E-state index contributed by atoms with van der Waals surface area (Å²) in [6.45, 7) is 7.80. The first kappa shape index (κ1) is 23.8. The average molecular weight is 420 g/mol. The number of hydrogen-bond acceptors (Lipinski definition) is 5.